The second kappa shape index (κ2) is 3.39. The molecule has 0 radical (unpaired) electrons. The number of rotatable bonds is 3. The van der Waals surface area contributed by atoms with Crippen molar-refractivity contribution < 1.29 is 0 Å². The Labute approximate surface area is 73.2 Å². The van der Waals surface area contributed by atoms with Crippen LogP contribution in [0.3, 0.4) is 0 Å². The molecule has 0 unspecified atom stereocenters. The van der Waals surface area contributed by atoms with Gasteiger partial charge in [-0.25, -0.2) is 0 Å². The number of hydrogen-bond donors (Lipinski definition) is 0. The molecule has 1 rings (SSSR count). The minimum atomic E-state index is 0.921. The lowest BCUT2D eigenvalue weighted by Gasteiger charge is -1.97. The van der Waals surface area contributed by atoms with Crippen LogP contribution in [0, 0.1) is 0 Å². The number of hydrogen-bond acceptors (Lipinski definition) is 1. The van der Waals surface area contributed by atoms with Gasteiger partial charge in [-0.2, -0.15) is 5.10 Å². The van der Waals surface area contributed by atoms with Crippen LogP contribution < -0.4 is 0 Å². The van der Waals surface area contributed by atoms with Gasteiger partial charge in [0, 0.05) is 18.8 Å². The maximum atomic E-state index is 4.24. The monoisotopic (exact) mass is 162 g/mol. The summed E-state index contributed by atoms with van der Waals surface area (Å²) in [7, 11) is 1.90. The van der Waals surface area contributed by atoms with Crippen LogP contribution in [-0.2, 0) is 7.05 Å². The first-order chi connectivity index (χ1) is 5.69. The number of aryl methyl sites for hydroxylation is 1. The molecule has 0 aliphatic heterocycles. The van der Waals surface area contributed by atoms with Crippen molar-refractivity contribution in [2.45, 2.75) is 13.3 Å². The van der Waals surface area contributed by atoms with E-state index in [0.29, 0.717) is 0 Å². The molecular weight excluding hydrogens is 148 g/mol. The molecule has 0 aromatic carbocycles. The van der Waals surface area contributed by atoms with Gasteiger partial charge in [0.15, 0.2) is 0 Å². The third-order valence-electron chi connectivity index (χ3n) is 1.86. The van der Waals surface area contributed by atoms with Crippen molar-refractivity contribution in [1.82, 2.24) is 9.78 Å². The normalized spacial score (nSPS) is 9.83. The average molecular weight is 162 g/mol. The van der Waals surface area contributed by atoms with Crippen molar-refractivity contribution in [2.24, 2.45) is 7.05 Å². The largest absolute Gasteiger partial charge is 0.275 e. The second-order valence-corrected chi connectivity index (χ2v) is 2.76. The van der Waals surface area contributed by atoms with Gasteiger partial charge in [0.05, 0.1) is 5.69 Å². The van der Waals surface area contributed by atoms with E-state index < -0.39 is 0 Å². The standard InChI is InChI=1S/C10H14N2/c1-5-8(3)9-7-12(4)11-10(9)6-2/h6-7H,2-3,5H2,1,4H3. The van der Waals surface area contributed by atoms with Crippen LogP contribution in [-0.4, -0.2) is 9.78 Å². The fourth-order valence-electron chi connectivity index (χ4n) is 1.12. The van der Waals surface area contributed by atoms with Crippen LogP contribution in [0.2, 0.25) is 0 Å². The molecule has 0 aliphatic rings. The summed E-state index contributed by atoms with van der Waals surface area (Å²) in [5.74, 6) is 0. The fraction of sp³-hybridized carbons (Fsp3) is 0.300. The summed E-state index contributed by atoms with van der Waals surface area (Å²) in [6, 6.07) is 0. The first-order valence-electron chi connectivity index (χ1n) is 4.03. The summed E-state index contributed by atoms with van der Waals surface area (Å²) in [5, 5.41) is 4.24. The van der Waals surface area contributed by atoms with Crippen LogP contribution in [0.5, 0.6) is 0 Å². The van der Waals surface area contributed by atoms with E-state index >= 15 is 0 Å². The summed E-state index contributed by atoms with van der Waals surface area (Å²) in [6.45, 7) is 9.75. The molecule has 0 fully saturated rings. The number of allylic oxidation sites excluding steroid dienone is 1. The van der Waals surface area contributed by atoms with Crippen molar-refractivity contribution in [1.29, 1.82) is 0 Å². The van der Waals surface area contributed by atoms with Gasteiger partial charge in [-0.1, -0.05) is 20.1 Å². The highest BCUT2D eigenvalue weighted by molar-refractivity contribution is 5.70. The molecule has 64 valence electrons. The molecule has 0 saturated heterocycles. The lowest BCUT2D eigenvalue weighted by molar-refractivity contribution is 0.764. The maximum absolute atomic E-state index is 4.24. The molecule has 0 atom stereocenters. The van der Waals surface area contributed by atoms with E-state index in [1.54, 1.807) is 10.8 Å². The summed E-state index contributed by atoms with van der Waals surface area (Å²) in [4.78, 5) is 0. The van der Waals surface area contributed by atoms with E-state index in [4.69, 9.17) is 0 Å². The molecular formula is C10H14N2. The first kappa shape index (κ1) is 8.78. The van der Waals surface area contributed by atoms with Gasteiger partial charge in [-0.3, -0.25) is 4.68 Å². The molecule has 1 aromatic heterocycles. The Morgan fingerprint density at radius 1 is 1.75 bits per heavy atom. The number of nitrogens with zero attached hydrogens (tertiary/aromatic N) is 2. The van der Waals surface area contributed by atoms with E-state index in [9.17, 15) is 0 Å². The molecule has 0 aliphatic carbocycles. The molecule has 1 aromatic rings. The topological polar surface area (TPSA) is 17.8 Å². The molecule has 0 saturated carbocycles. The van der Waals surface area contributed by atoms with Crippen LogP contribution in [0.4, 0.5) is 0 Å². The molecule has 2 heteroatoms. The Bertz CT molecular complexity index is 308. The van der Waals surface area contributed by atoms with Gasteiger partial charge in [0.2, 0.25) is 0 Å². The van der Waals surface area contributed by atoms with E-state index in [1.807, 2.05) is 13.2 Å². The zero-order valence-electron chi connectivity index (χ0n) is 7.67. The van der Waals surface area contributed by atoms with Crippen LogP contribution in [0.25, 0.3) is 11.6 Å². The predicted molar refractivity (Wildman–Crippen MR) is 52.6 cm³/mol. The molecule has 2 nitrogen and oxygen atoms in total. The Kier molecular flexibility index (Phi) is 2.48. The minimum Gasteiger partial charge on any atom is -0.275 e. The molecule has 1 heterocycles. The molecule has 0 bridgehead atoms. The van der Waals surface area contributed by atoms with Crippen molar-refractivity contribution in [3.8, 4) is 0 Å². The highest BCUT2D eigenvalue weighted by Crippen LogP contribution is 2.19. The van der Waals surface area contributed by atoms with Gasteiger partial charge < -0.3 is 0 Å². The van der Waals surface area contributed by atoms with Gasteiger partial charge in [-0.15, -0.1) is 0 Å². The quantitative estimate of drug-likeness (QED) is 0.667. The van der Waals surface area contributed by atoms with Crippen molar-refractivity contribution >= 4 is 11.6 Å². The van der Waals surface area contributed by atoms with E-state index in [2.05, 4.69) is 25.2 Å². The van der Waals surface area contributed by atoms with Gasteiger partial charge >= 0.3 is 0 Å². The molecule has 0 spiro atoms. The lowest BCUT2D eigenvalue weighted by Crippen LogP contribution is -1.86. The van der Waals surface area contributed by atoms with Gasteiger partial charge in [0.25, 0.3) is 0 Å². The van der Waals surface area contributed by atoms with Crippen molar-refractivity contribution in [2.75, 3.05) is 0 Å². The maximum Gasteiger partial charge on any atom is 0.0919 e. The lowest BCUT2D eigenvalue weighted by atomic mass is 10.1. The van der Waals surface area contributed by atoms with Gasteiger partial charge in [-0.05, 0) is 18.1 Å². The number of aromatic nitrogens is 2. The third kappa shape index (κ3) is 1.47. The van der Waals surface area contributed by atoms with Gasteiger partial charge in [0.1, 0.15) is 0 Å². The Morgan fingerprint density at radius 3 is 2.92 bits per heavy atom. The highest BCUT2D eigenvalue weighted by atomic mass is 15.2. The molecule has 12 heavy (non-hydrogen) atoms. The smallest absolute Gasteiger partial charge is 0.0919 e. The third-order valence-corrected chi connectivity index (χ3v) is 1.86. The Balaban J connectivity index is 3.12. The molecule has 0 amide bonds. The summed E-state index contributed by atoms with van der Waals surface area (Å²) >= 11 is 0. The summed E-state index contributed by atoms with van der Waals surface area (Å²) in [5.41, 5.74) is 3.14. The summed E-state index contributed by atoms with van der Waals surface area (Å²) < 4.78 is 1.78. The van der Waals surface area contributed by atoms with Crippen molar-refractivity contribution in [3.63, 3.8) is 0 Å². The van der Waals surface area contributed by atoms with Crippen LogP contribution in [0.15, 0.2) is 19.4 Å². The minimum absolute atomic E-state index is 0.921. The predicted octanol–water partition coefficient (Wildman–Crippen LogP) is 2.49. The highest BCUT2D eigenvalue weighted by Gasteiger charge is 2.05. The van der Waals surface area contributed by atoms with E-state index in [1.165, 1.54) is 0 Å². The fourth-order valence-corrected chi connectivity index (χ4v) is 1.12. The SMILES string of the molecule is C=Cc1nn(C)cc1C(=C)CC. The average Bonchev–Trinajstić information content (AvgIpc) is 2.45. The Morgan fingerprint density at radius 2 is 2.42 bits per heavy atom. The molecule has 0 N–H and O–H groups in total. The zero-order valence-corrected chi connectivity index (χ0v) is 7.67. The first-order valence-corrected chi connectivity index (χ1v) is 4.03. The zero-order chi connectivity index (χ0) is 9.14. The van der Waals surface area contributed by atoms with Crippen molar-refractivity contribution in [3.05, 3.63) is 30.6 Å². The van der Waals surface area contributed by atoms with E-state index in [0.717, 1.165) is 23.3 Å². The second-order valence-electron chi connectivity index (χ2n) is 2.76. The van der Waals surface area contributed by atoms with Crippen LogP contribution >= 0.6 is 0 Å². The Hall–Kier alpha value is -1.31. The van der Waals surface area contributed by atoms with E-state index in [-0.39, 0.29) is 0 Å². The van der Waals surface area contributed by atoms with Crippen LogP contribution in [0.1, 0.15) is 24.6 Å². The summed E-state index contributed by atoms with van der Waals surface area (Å²) in [6.07, 6.45) is 4.69.